The van der Waals surface area contributed by atoms with Crippen LogP contribution in [0.1, 0.15) is 178 Å². The van der Waals surface area contributed by atoms with Gasteiger partial charge in [-0.3, -0.25) is 14.4 Å². The zero-order valence-corrected chi connectivity index (χ0v) is 28.8. The minimum Gasteiger partial charge on any atom is -0.300 e. The van der Waals surface area contributed by atoms with Crippen molar-refractivity contribution < 1.29 is 14.4 Å². The van der Waals surface area contributed by atoms with Gasteiger partial charge in [0.25, 0.3) is 0 Å². The second-order valence-corrected chi connectivity index (χ2v) is 14.2. The number of carbonyl (C=O) groups excluding carboxylic acids is 3. The number of rotatable bonds is 10. The molecule has 0 saturated heterocycles. The first-order chi connectivity index (χ1) is 19.2. The van der Waals surface area contributed by atoms with Gasteiger partial charge in [-0.05, 0) is 98.3 Å². The molecule has 3 unspecified atom stereocenters. The Labute approximate surface area is 254 Å². The van der Waals surface area contributed by atoms with E-state index in [1.54, 1.807) is 0 Å². The van der Waals surface area contributed by atoms with E-state index >= 15 is 0 Å². The van der Waals surface area contributed by atoms with Gasteiger partial charge in [-0.1, -0.05) is 100.0 Å². The average Bonchev–Trinajstić information content (AvgIpc) is 2.86. The smallest absolute Gasteiger partial charge is 0.163 e. The largest absolute Gasteiger partial charge is 0.300 e. The van der Waals surface area contributed by atoms with Crippen LogP contribution >= 0.6 is 0 Å². The minimum absolute atomic E-state index is 0.0428. The quantitative estimate of drug-likeness (QED) is 0.264. The molecule has 234 valence electrons. The van der Waals surface area contributed by atoms with Crippen LogP contribution in [-0.4, -0.2) is 17.3 Å². The van der Waals surface area contributed by atoms with E-state index in [1.807, 2.05) is 0 Å². The van der Waals surface area contributed by atoms with Crippen LogP contribution in [0.15, 0.2) is 6.07 Å². The summed E-state index contributed by atoms with van der Waals surface area (Å²) in [5.74, 6) is 1.14. The molecule has 0 spiro atoms. The molecule has 1 aromatic carbocycles. The highest BCUT2D eigenvalue weighted by Crippen LogP contribution is 2.40. The van der Waals surface area contributed by atoms with E-state index in [-0.39, 0.29) is 41.5 Å². The highest BCUT2D eigenvalue weighted by Gasteiger charge is 2.34. The van der Waals surface area contributed by atoms with Crippen molar-refractivity contribution in [2.24, 2.45) is 23.2 Å². The summed E-state index contributed by atoms with van der Waals surface area (Å²) >= 11 is 0. The van der Waals surface area contributed by atoms with Gasteiger partial charge in [0.05, 0.1) is 6.42 Å². The Bertz CT molecular complexity index is 976. The topological polar surface area (TPSA) is 51.2 Å². The van der Waals surface area contributed by atoms with Gasteiger partial charge in [-0.2, -0.15) is 0 Å². The van der Waals surface area contributed by atoms with Crippen molar-refractivity contribution in [1.29, 1.82) is 0 Å². The van der Waals surface area contributed by atoms with Crippen LogP contribution in [0.3, 0.4) is 0 Å². The van der Waals surface area contributed by atoms with Crippen molar-refractivity contribution in [3.8, 4) is 0 Å². The van der Waals surface area contributed by atoms with Crippen molar-refractivity contribution in [3.05, 3.63) is 33.9 Å². The molecule has 0 aromatic heterocycles. The summed E-state index contributed by atoms with van der Waals surface area (Å²) in [5.41, 5.74) is 6.52. The Morgan fingerprint density at radius 1 is 0.976 bits per heavy atom. The Kier molecular flexibility index (Phi) is 16.4. The van der Waals surface area contributed by atoms with E-state index in [2.05, 4.69) is 75.3 Å². The van der Waals surface area contributed by atoms with Crippen LogP contribution in [0.25, 0.3) is 0 Å². The number of ketones is 3. The first-order valence-electron chi connectivity index (χ1n) is 16.9. The van der Waals surface area contributed by atoms with Gasteiger partial charge < -0.3 is 0 Å². The SMILES string of the molecule is CC1(C)CCCCC1.CCC.CCCC(CC1CC(=O)c2c(C)c(C)cc(C(C)C)c2C1)C(CC)C(=O)CC(C)=O. The molecular formula is C38H64O3. The second-order valence-electron chi connectivity index (χ2n) is 14.2. The van der Waals surface area contributed by atoms with Gasteiger partial charge in [-0.25, -0.2) is 0 Å². The Balaban J connectivity index is 0.000000638. The summed E-state index contributed by atoms with van der Waals surface area (Å²) in [6.07, 6.45) is 13.8. The lowest BCUT2D eigenvalue weighted by Crippen LogP contribution is -2.30. The third kappa shape index (κ3) is 11.8. The summed E-state index contributed by atoms with van der Waals surface area (Å²) < 4.78 is 0. The molecule has 0 aliphatic heterocycles. The predicted octanol–water partition coefficient (Wildman–Crippen LogP) is 10.9. The molecule has 0 amide bonds. The highest BCUT2D eigenvalue weighted by atomic mass is 16.1. The molecule has 3 heteroatoms. The Morgan fingerprint density at radius 2 is 1.56 bits per heavy atom. The van der Waals surface area contributed by atoms with Crippen molar-refractivity contribution >= 4 is 17.3 Å². The number of carbonyl (C=O) groups is 3. The van der Waals surface area contributed by atoms with Crippen LogP contribution in [-0.2, 0) is 16.0 Å². The zero-order valence-electron chi connectivity index (χ0n) is 28.8. The van der Waals surface area contributed by atoms with Crippen LogP contribution < -0.4 is 0 Å². The maximum absolute atomic E-state index is 13.2. The molecule has 0 radical (unpaired) electrons. The predicted molar refractivity (Wildman–Crippen MR) is 176 cm³/mol. The van der Waals surface area contributed by atoms with Gasteiger partial charge in [0.15, 0.2) is 5.78 Å². The molecule has 0 heterocycles. The van der Waals surface area contributed by atoms with E-state index in [0.717, 1.165) is 43.2 Å². The third-order valence-corrected chi connectivity index (χ3v) is 9.20. The summed E-state index contributed by atoms with van der Waals surface area (Å²) in [4.78, 5) is 37.5. The number of fused-ring (bicyclic) bond motifs is 1. The molecule has 2 aliphatic carbocycles. The lowest BCUT2D eigenvalue weighted by Gasteiger charge is -2.33. The Morgan fingerprint density at radius 3 is 2.00 bits per heavy atom. The van der Waals surface area contributed by atoms with E-state index in [4.69, 9.17) is 0 Å². The van der Waals surface area contributed by atoms with Crippen LogP contribution in [0, 0.1) is 37.0 Å². The molecule has 3 atom stereocenters. The maximum Gasteiger partial charge on any atom is 0.163 e. The number of aryl methyl sites for hydroxylation is 1. The average molecular weight is 569 g/mol. The lowest BCUT2D eigenvalue weighted by molar-refractivity contribution is -0.129. The summed E-state index contributed by atoms with van der Waals surface area (Å²) in [5, 5.41) is 0. The fourth-order valence-electron chi connectivity index (χ4n) is 6.99. The molecular weight excluding hydrogens is 504 g/mol. The van der Waals surface area contributed by atoms with Gasteiger partial charge >= 0.3 is 0 Å². The van der Waals surface area contributed by atoms with Crippen LogP contribution in [0.5, 0.6) is 0 Å². The first kappa shape index (κ1) is 37.3. The number of benzene rings is 1. The van der Waals surface area contributed by atoms with Gasteiger partial charge in [-0.15, -0.1) is 0 Å². The molecule has 0 N–H and O–H groups in total. The van der Waals surface area contributed by atoms with Crippen molar-refractivity contribution in [3.63, 3.8) is 0 Å². The normalized spacial score (nSPS) is 19.2. The fraction of sp³-hybridized carbons (Fsp3) is 0.763. The van der Waals surface area contributed by atoms with Gasteiger partial charge in [0.1, 0.15) is 11.6 Å². The lowest BCUT2D eigenvalue weighted by atomic mass is 9.70. The van der Waals surface area contributed by atoms with Gasteiger partial charge in [0.2, 0.25) is 0 Å². The molecule has 0 bridgehead atoms. The summed E-state index contributed by atoms with van der Waals surface area (Å²) in [7, 11) is 0. The van der Waals surface area contributed by atoms with E-state index in [0.29, 0.717) is 17.8 Å². The molecule has 41 heavy (non-hydrogen) atoms. The van der Waals surface area contributed by atoms with Crippen molar-refractivity contribution in [1.82, 2.24) is 0 Å². The standard InChI is InChI=1S/C27H40O3.C8H16.C3H8/c1-8-10-21(22(9-2)25(29)12-18(6)28)13-20-14-24-23(16(3)4)11-17(5)19(7)27(24)26(30)15-20;1-8(2)6-4-3-5-7-8;1-3-2/h11,16,20-22H,8-10,12-15H2,1-7H3;3-7H2,1-2H3;3H2,1-2H3. The fourth-order valence-corrected chi connectivity index (χ4v) is 6.99. The molecule has 1 aromatic rings. The van der Waals surface area contributed by atoms with E-state index in [9.17, 15) is 14.4 Å². The monoisotopic (exact) mass is 568 g/mol. The van der Waals surface area contributed by atoms with Crippen LogP contribution in [0.2, 0.25) is 0 Å². The number of hydrogen-bond donors (Lipinski definition) is 0. The zero-order chi connectivity index (χ0) is 31.3. The van der Waals surface area contributed by atoms with Crippen LogP contribution in [0.4, 0.5) is 0 Å². The third-order valence-electron chi connectivity index (χ3n) is 9.20. The molecule has 1 saturated carbocycles. The minimum atomic E-state index is -0.0744. The molecule has 3 nitrogen and oxygen atoms in total. The number of Topliss-reactive ketones (excluding diaryl/α,β-unsaturated/α-hetero) is 3. The number of hydrogen-bond acceptors (Lipinski definition) is 3. The molecule has 3 rings (SSSR count). The highest BCUT2D eigenvalue weighted by molar-refractivity contribution is 6.01. The van der Waals surface area contributed by atoms with E-state index in [1.165, 1.54) is 62.1 Å². The van der Waals surface area contributed by atoms with Crippen molar-refractivity contribution in [2.75, 3.05) is 0 Å². The summed E-state index contributed by atoms with van der Waals surface area (Å²) in [6, 6.07) is 2.27. The molecule has 2 aliphatic rings. The second kappa shape index (κ2) is 18.0. The molecule has 1 fully saturated rings. The first-order valence-corrected chi connectivity index (χ1v) is 16.9. The van der Waals surface area contributed by atoms with Crippen molar-refractivity contribution in [2.45, 2.75) is 166 Å². The van der Waals surface area contributed by atoms with E-state index < -0.39 is 0 Å². The maximum atomic E-state index is 13.2. The van der Waals surface area contributed by atoms with Gasteiger partial charge in [0, 0.05) is 17.9 Å². The Hall–Kier alpha value is -1.77. The summed E-state index contributed by atoms with van der Waals surface area (Å²) in [6.45, 7) is 23.3.